The molecule has 1 atom stereocenters. The second-order valence-corrected chi connectivity index (χ2v) is 11.9. The minimum absolute atomic E-state index is 0.00198. The minimum atomic E-state index is -4.03. The summed E-state index contributed by atoms with van der Waals surface area (Å²) in [5.74, 6) is -0.570. The molecule has 0 spiro atoms. The van der Waals surface area contributed by atoms with Gasteiger partial charge in [0.15, 0.2) is 0 Å². The number of hydrogen-bond acceptors (Lipinski definition) is 4. The molecule has 2 aromatic carbocycles. The molecule has 1 saturated heterocycles. The molecule has 7 nitrogen and oxygen atoms in total. The Morgan fingerprint density at radius 1 is 0.943 bits per heavy atom. The number of rotatable bonds is 5. The van der Waals surface area contributed by atoms with Gasteiger partial charge in [0, 0.05) is 55.6 Å². The Bertz CT molecular complexity index is 1190. The van der Waals surface area contributed by atoms with E-state index in [9.17, 15) is 18.0 Å². The fourth-order valence-electron chi connectivity index (χ4n) is 4.01. The van der Waals surface area contributed by atoms with E-state index < -0.39 is 16.1 Å². The van der Waals surface area contributed by atoms with Crippen LogP contribution in [0, 0.1) is 0 Å². The summed E-state index contributed by atoms with van der Waals surface area (Å²) >= 11 is 18.1. The van der Waals surface area contributed by atoms with Gasteiger partial charge in [-0.25, -0.2) is 8.42 Å². The molecule has 0 aromatic heterocycles. The number of carbonyl (C=O) groups excluding carboxylic acids is 2. The lowest BCUT2D eigenvalue weighted by molar-refractivity contribution is -0.146. The number of nitrogens with zero attached hydrogens (tertiary/aromatic N) is 3. The first-order valence-electron chi connectivity index (χ1n) is 11.2. The zero-order valence-corrected chi connectivity index (χ0v) is 22.8. The second-order valence-electron chi connectivity index (χ2n) is 8.71. The van der Waals surface area contributed by atoms with Gasteiger partial charge in [0.25, 0.3) is 0 Å². The second kappa shape index (κ2) is 11.5. The first kappa shape index (κ1) is 27.7. The molecule has 0 radical (unpaired) electrons. The molecule has 0 saturated carbocycles. The Labute approximate surface area is 221 Å². The third-order valence-corrected chi connectivity index (χ3v) is 8.94. The number of amides is 2. The van der Waals surface area contributed by atoms with Crippen LogP contribution in [-0.2, 0) is 26.0 Å². The number of halogens is 3. The molecular formula is C24H28Cl3N3O4S. The van der Waals surface area contributed by atoms with Gasteiger partial charge in [-0.3, -0.25) is 9.59 Å². The first-order chi connectivity index (χ1) is 16.4. The maximum atomic E-state index is 13.7. The molecule has 0 bridgehead atoms. The average molecular weight is 561 g/mol. The number of benzene rings is 2. The molecule has 0 N–H and O–H groups in total. The van der Waals surface area contributed by atoms with Crippen molar-refractivity contribution >= 4 is 56.6 Å². The van der Waals surface area contributed by atoms with Crippen LogP contribution in [0.3, 0.4) is 0 Å². The Morgan fingerprint density at radius 2 is 1.57 bits per heavy atom. The van der Waals surface area contributed by atoms with Crippen LogP contribution in [0.5, 0.6) is 0 Å². The maximum absolute atomic E-state index is 13.7. The molecule has 1 heterocycles. The zero-order chi connectivity index (χ0) is 25.9. The molecule has 0 aliphatic carbocycles. The summed E-state index contributed by atoms with van der Waals surface area (Å²) in [6.45, 7) is 3.87. The smallest absolute Gasteiger partial charge is 0.245 e. The van der Waals surface area contributed by atoms with Crippen LogP contribution in [0.2, 0.25) is 15.1 Å². The Hall–Kier alpha value is -1.84. The van der Waals surface area contributed by atoms with Crippen molar-refractivity contribution in [3.63, 3.8) is 0 Å². The lowest BCUT2D eigenvalue weighted by atomic mass is 10.0. The van der Waals surface area contributed by atoms with Crippen LogP contribution in [0.25, 0.3) is 0 Å². The van der Waals surface area contributed by atoms with E-state index in [4.69, 9.17) is 34.8 Å². The highest BCUT2D eigenvalue weighted by atomic mass is 35.5. The predicted molar refractivity (Wildman–Crippen MR) is 138 cm³/mol. The van der Waals surface area contributed by atoms with E-state index >= 15 is 0 Å². The number of sulfonamides is 1. The van der Waals surface area contributed by atoms with E-state index in [1.807, 2.05) is 26.0 Å². The van der Waals surface area contributed by atoms with Crippen LogP contribution >= 0.6 is 34.8 Å². The van der Waals surface area contributed by atoms with E-state index in [-0.39, 0.29) is 53.8 Å². The van der Waals surface area contributed by atoms with Gasteiger partial charge in [-0.05, 0) is 49.7 Å². The largest absolute Gasteiger partial charge is 0.337 e. The molecule has 190 valence electrons. The number of carbonyl (C=O) groups is 2. The van der Waals surface area contributed by atoms with E-state index in [1.165, 1.54) is 27.4 Å². The fraction of sp³-hybridized carbons (Fsp3) is 0.417. The Balaban J connectivity index is 1.93. The molecular weight excluding hydrogens is 533 g/mol. The zero-order valence-electron chi connectivity index (χ0n) is 19.7. The third kappa shape index (κ3) is 6.49. The van der Waals surface area contributed by atoms with E-state index in [1.54, 1.807) is 24.1 Å². The monoisotopic (exact) mass is 559 g/mol. The van der Waals surface area contributed by atoms with Crippen molar-refractivity contribution in [3.05, 3.63) is 63.1 Å². The van der Waals surface area contributed by atoms with Gasteiger partial charge in [0.1, 0.15) is 10.9 Å². The van der Waals surface area contributed by atoms with E-state index in [0.717, 1.165) is 5.56 Å². The summed E-state index contributed by atoms with van der Waals surface area (Å²) in [5, 5.41) is 0.897. The van der Waals surface area contributed by atoms with E-state index in [0.29, 0.717) is 16.5 Å². The van der Waals surface area contributed by atoms with Crippen molar-refractivity contribution in [1.29, 1.82) is 0 Å². The summed E-state index contributed by atoms with van der Waals surface area (Å²) < 4.78 is 28.0. The molecule has 11 heteroatoms. The molecule has 1 unspecified atom stereocenters. The molecule has 1 aliphatic heterocycles. The van der Waals surface area contributed by atoms with Crippen LogP contribution in [0.4, 0.5) is 0 Å². The molecule has 2 aromatic rings. The molecule has 1 fully saturated rings. The Kier molecular flexibility index (Phi) is 9.10. The van der Waals surface area contributed by atoms with Crippen molar-refractivity contribution in [2.45, 2.75) is 43.7 Å². The van der Waals surface area contributed by atoms with Crippen LogP contribution in [0.15, 0.2) is 47.4 Å². The van der Waals surface area contributed by atoms with Crippen molar-refractivity contribution in [2.24, 2.45) is 0 Å². The first-order valence-corrected chi connectivity index (χ1v) is 13.7. The van der Waals surface area contributed by atoms with E-state index in [2.05, 4.69) is 0 Å². The third-order valence-electron chi connectivity index (χ3n) is 6.07. The molecule has 3 rings (SSSR count). The summed E-state index contributed by atoms with van der Waals surface area (Å²) in [4.78, 5) is 29.7. The lowest BCUT2D eigenvalue weighted by Crippen LogP contribution is -2.55. The molecule has 35 heavy (non-hydrogen) atoms. The average Bonchev–Trinajstić information content (AvgIpc) is 2.78. The summed E-state index contributed by atoms with van der Waals surface area (Å²) in [5.41, 5.74) is 0.870. The standard InChI is InChI=1S/C24H28Cl3N3O4S/c1-16(2)30-13-12-29(35(33,34)22-9-8-19(26)15-20(22)27)11-10-23(31)28(3)21(24(30)32)14-17-4-6-18(25)7-5-17/h4-9,15-16,21H,10-14H2,1-3H3. The summed E-state index contributed by atoms with van der Waals surface area (Å²) in [6, 6.07) is 10.4. The lowest BCUT2D eigenvalue weighted by Gasteiger charge is -2.37. The van der Waals surface area contributed by atoms with Gasteiger partial charge < -0.3 is 9.80 Å². The topological polar surface area (TPSA) is 78.0 Å². The number of likely N-dealkylation sites (N-methyl/N-ethyl adjacent to an activating group) is 1. The highest BCUT2D eigenvalue weighted by molar-refractivity contribution is 7.89. The van der Waals surface area contributed by atoms with Gasteiger partial charge in [-0.15, -0.1) is 0 Å². The maximum Gasteiger partial charge on any atom is 0.245 e. The van der Waals surface area contributed by atoms with Crippen LogP contribution < -0.4 is 0 Å². The SMILES string of the molecule is CC(C)N1CCN(S(=O)(=O)c2ccc(Cl)cc2Cl)CCC(=O)N(C)C(Cc2ccc(Cl)cc2)C1=O. The van der Waals surface area contributed by atoms with Gasteiger partial charge in [0.05, 0.1) is 5.02 Å². The molecule has 2 amide bonds. The highest BCUT2D eigenvalue weighted by Crippen LogP contribution is 2.28. The van der Waals surface area contributed by atoms with Gasteiger partial charge in [-0.1, -0.05) is 46.9 Å². The predicted octanol–water partition coefficient (Wildman–Crippen LogP) is 4.35. The van der Waals surface area contributed by atoms with Crippen LogP contribution in [0.1, 0.15) is 25.8 Å². The Morgan fingerprint density at radius 3 is 2.17 bits per heavy atom. The number of hydrogen-bond donors (Lipinski definition) is 0. The van der Waals surface area contributed by atoms with Gasteiger partial charge in [0.2, 0.25) is 21.8 Å². The van der Waals surface area contributed by atoms with Crippen LogP contribution in [-0.4, -0.2) is 73.1 Å². The normalized spacial score (nSPS) is 18.9. The van der Waals surface area contributed by atoms with Gasteiger partial charge >= 0.3 is 0 Å². The fourth-order valence-corrected chi connectivity index (χ4v) is 6.32. The summed E-state index contributed by atoms with van der Waals surface area (Å²) in [7, 11) is -2.45. The summed E-state index contributed by atoms with van der Waals surface area (Å²) in [6.07, 6.45) is 0.247. The quantitative estimate of drug-likeness (QED) is 0.545. The highest BCUT2D eigenvalue weighted by Gasteiger charge is 2.36. The molecule has 1 aliphatic rings. The van der Waals surface area contributed by atoms with Crippen molar-refractivity contribution in [3.8, 4) is 0 Å². The minimum Gasteiger partial charge on any atom is -0.337 e. The van der Waals surface area contributed by atoms with Crippen molar-refractivity contribution in [2.75, 3.05) is 26.7 Å². The van der Waals surface area contributed by atoms with Crippen molar-refractivity contribution < 1.29 is 18.0 Å². The van der Waals surface area contributed by atoms with Crippen molar-refractivity contribution in [1.82, 2.24) is 14.1 Å². The van der Waals surface area contributed by atoms with Gasteiger partial charge in [-0.2, -0.15) is 4.31 Å².